The Morgan fingerprint density at radius 3 is 2.16 bits per heavy atom. The molecule has 0 fully saturated rings. The summed E-state index contributed by atoms with van der Waals surface area (Å²) in [5.41, 5.74) is 2.05. The van der Waals surface area contributed by atoms with Crippen molar-refractivity contribution in [2.75, 3.05) is 20.8 Å². The highest BCUT2D eigenvalue weighted by atomic mass is 16.5. The maximum atomic E-state index is 13.3. The third-order valence-electron chi connectivity index (χ3n) is 4.94. The van der Waals surface area contributed by atoms with Crippen molar-refractivity contribution < 1.29 is 23.8 Å². The summed E-state index contributed by atoms with van der Waals surface area (Å²) in [6.07, 6.45) is 0.489. The molecule has 2 aromatic carbocycles. The number of carbonyl (C=O) groups is 2. The van der Waals surface area contributed by atoms with Gasteiger partial charge in [0.1, 0.15) is 23.3 Å². The van der Waals surface area contributed by atoms with Crippen LogP contribution in [-0.4, -0.2) is 49.6 Å². The summed E-state index contributed by atoms with van der Waals surface area (Å²) in [4.78, 5) is 27.7. The van der Waals surface area contributed by atoms with Crippen LogP contribution in [0.1, 0.15) is 38.3 Å². The Bertz CT molecular complexity index is 891. The minimum atomic E-state index is -0.603. The molecule has 2 amide bonds. The van der Waals surface area contributed by atoms with Crippen molar-refractivity contribution in [1.29, 1.82) is 0 Å². The Hall–Kier alpha value is -3.22. The van der Waals surface area contributed by atoms with E-state index >= 15 is 0 Å². The van der Waals surface area contributed by atoms with Gasteiger partial charge in [-0.3, -0.25) is 9.59 Å². The van der Waals surface area contributed by atoms with Crippen LogP contribution in [0.3, 0.4) is 0 Å². The number of carbonyl (C=O) groups excluding carboxylic acids is 2. The summed E-state index contributed by atoms with van der Waals surface area (Å²) >= 11 is 0. The summed E-state index contributed by atoms with van der Waals surface area (Å²) in [5.74, 6) is 1.12. The largest absolute Gasteiger partial charge is 0.496 e. The van der Waals surface area contributed by atoms with Gasteiger partial charge in [0.05, 0.1) is 14.2 Å². The predicted molar refractivity (Wildman–Crippen MR) is 124 cm³/mol. The zero-order valence-corrected chi connectivity index (χ0v) is 19.8. The van der Waals surface area contributed by atoms with E-state index in [0.717, 1.165) is 11.1 Å². The second-order valence-corrected chi connectivity index (χ2v) is 7.94. The van der Waals surface area contributed by atoms with Gasteiger partial charge in [0.15, 0.2) is 6.61 Å². The summed E-state index contributed by atoms with van der Waals surface area (Å²) < 4.78 is 16.3. The number of amides is 2. The number of benzene rings is 2. The molecule has 0 unspecified atom stereocenters. The van der Waals surface area contributed by atoms with Crippen LogP contribution in [0.2, 0.25) is 0 Å². The monoisotopic (exact) mass is 442 g/mol. The van der Waals surface area contributed by atoms with E-state index in [-0.39, 0.29) is 24.5 Å². The first-order chi connectivity index (χ1) is 15.3. The topological polar surface area (TPSA) is 77.1 Å². The van der Waals surface area contributed by atoms with Gasteiger partial charge in [0.25, 0.3) is 5.91 Å². The number of methoxy groups -OCH3 is 2. The van der Waals surface area contributed by atoms with E-state index in [9.17, 15) is 9.59 Å². The highest BCUT2D eigenvalue weighted by molar-refractivity contribution is 5.88. The van der Waals surface area contributed by atoms with Gasteiger partial charge < -0.3 is 24.4 Å². The molecule has 0 heterocycles. The molecule has 0 radical (unpaired) electrons. The Balaban J connectivity index is 2.25. The second-order valence-electron chi connectivity index (χ2n) is 7.94. The Morgan fingerprint density at radius 1 is 1.00 bits per heavy atom. The van der Waals surface area contributed by atoms with Gasteiger partial charge in [-0.25, -0.2) is 0 Å². The third kappa shape index (κ3) is 7.18. The van der Waals surface area contributed by atoms with Gasteiger partial charge in [0, 0.05) is 30.8 Å². The lowest BCUT2D eigenvalue weighted by Crippen LogP contribution is -2.51. The number of rotatable bonds is 11. The Labute approximate surface area is 190 Å². The average Bonchev–Trinajstić information content (AvgIpc) is 2.76. The van der Waals surface area contributed by atoms with Crippen molar-refractivity contribution in [3.05, 3.63) is 53.6 Å². The van der Waals surface area contributed by atoms with Crippen LogP contribution >= 0.6 is 0 Å². The maximum Gasteiger partial charge on any atom is 0.261 e. The first-order valence-corrected chi connectivity index (χ1v) is 10.8. The molecule has 7 heteroatoms. The summed E-state index contributed by atoms with van der Waals surface area (Å²) in [5, 5.41) is 2.92. The highest BCUT2D eigenvalue weighted by Gasteiger charge is 2.29. The van der Waals surface area contributed by atoms with Crippen LogP contribution in [0, 0.1) is 6.92 Å². The van der Waals surface area contributed by atoms with E-state index in [1.165, 1.54) is 0 Å². The smallest absolute Gasteiger partial charge is 0.261 e. The van der Waals surface area contributed by atoms with E-state index < -0.39 is 6.04 Å². The molecule has 32 heavy (non-hydrogen) atoms. The van der Waals surface area contributed by atoms with Crippen LogP contribution < -0.4 is 19.5 Å². The molecule has 0 spiro atoms. The third-order valence-corrected chi connectivity index (χ3v) is 4.94. The molecule has 2 aromatic rings. The molecule has 0 aliphatic heterocycles. The quantitative estimate of drug-likeness (QED) is 0.574. The van der Waals surface area contributed by atoms with Crippen LogP contribution in [0.15, 0.2) is 42.5 Å². The van der Waals surface area contributed by atoms with E-state index in [1.54, 1.807) is 37.3 Å². The van der Waals surface area contributed by atoms with E-state index in [0.29, 0.717) is 30.2 Å². The zero-order chi connectivity index (χ0) is 23.7. The summed E-state index contributed by atoms with van der Waals surface area (Å²) in [6, 6.07) is 12.4. The van der Waals surface area contributed by atoms with Gasteiger partial charge in [-0.05, 0) is 32.8 Å². The predicted octanol–water partition coefficient (Wildman–Crippen LogP) is 3.72. The van der Waals surface area contributed by atoms with Crippen LogP contribution in [0.5, 0.6) is 17.2 Å². The molecular formula is C25H34N2O5. The molecule has 0 aliphatic rings. The van der Waals surface area contributed by atoms with Gasteiger partial charge >= 0.3 is 0 Å². The zero-order valence-electron chi connectivity index (χ0n) is 19.8. The molecule has 174 valence electrons. The molecule has 7 nitrogen and oxygen atoms in total. The molecule has 0 saturated carbocycles. The molecule has 0 aromatic heterocycles. The second kappa shape index (κ2) is 12.0. The number of ether oxygens (including phenoxy) is 3. The lowest BCUT2D eigenvalue weighted by Gasteiger charge is -2.31. The van der Waals surface area contributed by atoms with Gasteiger partial charge in [-0.2, -0.15) is 0 Å². The van der Waals surface area contributed by atoms with E-state index in [4.69, 9.17) is 14.2 Å². The normalized spacial score (nSPS) is 11.6. The average molecular weight is 443 g/mol. The first kappa shape index (κ1) is 25.0. The van der Waals surface area contributed by atoms with Crippen LogP contribution in [0.4, 0.5) is 0 Å². The summed E-state index contributed by atoms with van der Waals surface area (Å²) in [6.45, 7) is 7.79. The van der Waals surface area contributed by atoms with Crippen LogP contribution in [-0.2, 0) is 16.1 Å². The number of nitrogens with zero attached hydrogens (tertiary/aromatic N) is 1. The van der Waals surface area contributed by atoms with E-state index in [2.05, 4.69) is 5.32 Å². The Morgan fingerprint density at radius 2 is 1.62 bits per heavy atom. The fourth-order valence-corrected chi connectivity index (χ4v) is 3.40. The molecule has 0 aliphatic carbocycles. The number of hydrogen-bond acceptors (Lipinski definition) is 5. The first-order valence-electron chi connectivity index (χ1n) is 10.8. The summed E-state index contributed by atoms with van der Waals surface area (Å²) in [7, 11) is 3.10. The fourth-order valence-electron chi connectivity index (χ4n) is 3.40. The van der Waals surface area contributed by atoms with Gasteiger partial charge in [0.2, 0.25) is 5.91 Å². The number of nitrogens with one attached hydrogen (secondary N) is 1. The van der Waals surface area contributed by atoms with Gasteiger partial charge in [-0.15, -0.1) is 0 Å². The minimum Gasteiger partial charge on any atom is -0.496 e. The molecular weight excluding hydrogens is 408 g/mol. The van der Waals surface area contributed by atoms with Gasteiger partial charge in [-0.1, -0.05) is 36.8 Å². The van der Waals surface area contributed by atoms with E-state index in [1.807, 2.05) is 52.0 Å². The molecule has 2 rings (SSSR count). The minimum absolute atomic E-state index is 0.0204. The lowest BCUT2D eigenvalue weighted by molar-refractivity contribution is -0.143. The molecule has 1 atom stereocenters. The van der Waals surface area contributed by atoms with Crippen LogP contribution in [0.25, 0.3) is 0 Å². The number of hydrogen-bond donors (Lipinski definition) is 1. The molecule has 0 saturated heterocycles. The number of aryl methyl sites for hydroxylation is 1. The standard InChI is InChI=1S/C25H34N2O5/c1-7-23(25(29)26-17(2)3)27(15-19-10-8-9-18(4)11-19)24(28)16-32-22-13-20(30-5)12-21(14-22)31-6/h8-14,17,23H,7,15-16H2,1-6H3,(H,26,29)/t23-/m0/s1. The maximum absolute atomic E-state index is 13.3. The highest BCUT2D eigenvalue weighted by Crippen LogP contribution is 2.27. The lowest BCUT2D eigenvalue weighted by atomic mass is 10.1. The SMILES string of the molecule is CC[C@@H](C(=O)NC(C)C)N(Cc1cccc(C)c1)C(=O)COc1cc(OC)cc(OC)c1. The fraction of sp³-hybridized carbons (Fsp3) is 0.440. The van der Waals surface area contributed by atoms with Crippen molar-refractivity contribution in [3.63, 3.8) is 0 Å². The van der Waals surface area contributed by atoms with Crippen molar-refractivity contribution >= 4 is 11.8 Å². The van der Waals surface area contributed by atoms with Crippen molar-refractivity contribution in [2.24, 2.45) is 0 Å². The Kier molecular flexibility index (Phi) is 9.38. The van der Waals surface area contributed by atoms with Crippen molar-refractivity contribution in [1.82, 2.24) is 10.2 Å². The molecule has 1 N–H and O–H groups in total. The molecule has 0 bridgehead atoms. The van der Waals surface area contributed by atoms with Crippen molar-refractivity contribution in [3.8, 4) is 17.2 Å². The van der Waals surface area contributed by atoms with Crippen molar-refractivity contribution in [2.45, 2.75) is 52.7 Å².